The first-order chi connectivity index (χ1) is 14.0. The number of likely N-dealkylation sites (tertiary alicyclic amines) is 1. The molecule has 0 radical (unpaired) electrons. The van der Waals surface area contributed by atoms with Crippen molar-refractivity contribution in [1.29, 1.82) is 0 Å². The highest BCUT2D eigenvalue weighted by molar-refractivity contribution is 6.30. The van der Waals surface area contributed by atoms with E-state index in [4.69, 9.17) is 20.9 Å². The number of halogens is 2. The zero-order valence-corrected chi connectivity index (χ0v) is 16.5. The zero-order chi connectivity index (χ0) is 20.4. The maximum Gasteiger partial charge on any atom is 0.232 e. The van der Waals surface area contributed by atoms with Crippen LogP contribution in [0, 0.1) is 5.82 Å². The molecule has 0 N–H and O–H groups in total. The number of aromatic nitrogens is 2. The maximum atomic E-state index is 13.7. The molecule has 0 saturated carbocycles. The van der Waals surface area contributed by atoms with Crippen molar-refractivity contribution >= 4 is 17.5 Å². The van der Waals surface area contributed by atoms with Crippen LogP contribution in [0.5, 0.6) is 5.75 Å². The van der Waals surface area contributed by atoms with E-state index in [1.54, 1.807) is 11.0 Å². The van der Waals surface area contributed by atoms with E-state index in [0.29, 0.717) is 37.6 Å². The van der Waals surface area contributed by atoms with E-state index < -0.39 is 5.82 Å². The first-order valence-corrected chi connectivity index (χ1v) is 9.70. The Bertz CT molecular complexity index is 1020. The lowest BCUT2D eigenvalue weighted by Crippen LogP contribution is -2.24. The topological polar surface area (TPSA) is 68.5 Å². The summed E-state index contributed by atoms with van der Waals surface area (Å²) < 4.78 is 24.5. The highest BCUT2D eigenvalue weighted by atomic mass is 35.5. The van der Waals surface area contributed by atoms with E-state index >= 15 is 0 Å². The number of rotatable bonds is 6. The Morgan fingerprint density at radius 2 is 2.07 bits per heavy atom. The van der Waals surface area contributed by atoms with Crippen molar-refractivity contribution in [3.63, 3.8) is 0 Å². The van der Waals surface area contributed by atoms with Gasteiger partial charge in [0.1, 0.15) is 11.6 Å². The van der Waals surface area contributed by atoms with Gasteiger partial charge in [-0.2, -0.15) is 4.98 Å². The normalized spacial score (nSPS) is 16.4. The zero-order valence-electron chi connectivity index (χ0n) is 15.8. The van der Waals surface area contributed by atoms with Gasteiger partial charge < -0.3 is 14.2 Å². The van der Waals surface area contributed by atoms with Crippen LogP contribution in [0.15, 0.2) is 47.0 Å². The fourth-order valence-corrected chi connectivity index (χ4v) is 3.44. The van der Waals surface area contributed by atoms with Crippen molar-refractivity contribution < 1.29 is 18.4 Å². The minimum Gasteiger partial charge on any atom is -0.494 e. The van der Waals surface area contributed by atoms with Gasteiger partial charge in [0.15, 0.2) is 0 Å². The molecule has 0 spiro atoms. The van der Waals surface area contributed by atoms with Gasteiger partial charge in [-0.15, -0.1) is 0 Å². The molecule has 1 saturated heterocycles. The molecule has 6 nitrogen and oxygen atoms in total. The second-order valence-electron chi connectivity index (χ2n) is 6.84. The molecule has 1 amide bonds. The van der Waals surface area contributed by atoms with Crippen LogP contribution in [-0.2, 0) is 11.3 Å². The molecule has 1 aromatic heterocycles. The van der Waals surface area contributed by atoms with Crippen LogP contribution in [-0.4, -0.2) is 34.1 Å². The summed E-state index contributed by atoms with van der Waals surface area (Å²) in [6.07, 6.45) is 0.299. The van der Waals surface area contributed by atoms with Crippen LogP contribution in [0.1, 0.15) is 30.7 Å². The highest BCUT2D eigenvalue weighted by Gasteiger charge is 2.34. The van der Waals surface area contributed by atoms with Crippen molar-refractivity contribution in [1.82, 2.24) is 15.0 Å². The van der Waals surface area contributed by atoms with Crippen LogP contribution in [0.3, 0.4) is 0 Å². The lowest BCUT2D eigenvalue weighted by Gasteiger charge is -2.16. The third kappa shape index (κ3) is 4.24. The molecule has 1 unspecified atom stereocenters. The Kier molecular flexibility index (Phi) is 5.49. The quantitative estimate of drug-likeness (QED) is 0.595. The van der Waals surface area contributed by atoms with Gasteiger partial charge in [-0.05, 0) is 42.8 Å². The van der Waals surface area contributed by atoms with Gasteiger partial charge in [0.05, 0.1) is 17.5 Å². The number of benzene rings is 2. The molecule has 1 atom stereocenters. The summed E-state index contributed by atoms with van der Waals surface area (Å²) in [5.74, 6) is 0.739. The fraction of sp³-hybridized carbons (Fsp3) is 0.286. The number of amides is 1. The minimum absolute atomic E-state index is 0.0289. The lowest BCUT2D eigenvalue weighted by molar-refractivity contribution is -0.128. The van der Waals surface area contributed by atoms with Crippen molar-refractivity contribution in [2.45, 2.75) is 25.8 Å². The first-order valence-electron chi connectivity index (χ1n) is 9.32. The third-order valence-electron chi connectivity index (χ3n) is 4.79. The second kappa shape index (κ2) is 8.21. The molecule has 2 aromatic carbocycles. The Morgan fingerprint density at radius 3 is 2.79 bits per heavy atom. The van der Waals surface area contributed by atoms with Crippen molar-refractivity contribution in [3.8, 4) is 17.1 Å². The number of hydrogen-bond donors (Lipinski definition) is 0. The van der Waals surface area contributed by atoms with E-state index in [-0.39, 0.29) is 22.7 Å². The summed E-state index contributed by atoms with van der Waals surface area (Å²) in [7, 11) is 0. The third-order valence-corrected chi connectivity index (χ3v) is 5.10. The smallest absolute Gasteiger partial charge is 0.232 e. The Balaban J connectivity index is 1.44. The van der Waals surface area contributed by atoms with Crippen molar-refractivity contribution in [2.75, 3.05) is 13.2 Å². The number of ether oxygens (including phenoxy) is 1. The van der Waals surface area contributed by atoms with Gasteiger partial charge in [0.25, 0.3) is 0 Å². The summed E-state index contributed by atoms with van der Waals surface area (Å²) in [5, 5.41) is 3.95. The summed E-state index contributed by atoms with van der Waals surface area (Å²) in [6.45, 7) is 3.54. The molecule has 0 aliphatic carbocycles. The summed E-state index contributed by atoms with van der Waals surface area (Å²) in [6, 6.07) is 12.0. The number of hydrogen-bond acceptors (Lipinski definition) is 5. The van der Waals surface area contributed by atoms with Crippen LogP contribution >= 0.6 is 11.6 Å². The number of nitrogens with zero attached hydrogens (tertiary/aromatic N) is 3. The van der Waals surface area contributed by atoms with Crippen LogP contribution < -0.4 is 4.74 Å². The number of carbonyl (C=O) groups is 1. The Labute approximate surface area is 172 Å². The van der Waals surface area contributed by atoms with E-state index in [0.717, 1.165) is 11.3 Å². The van der Waals surface area contributed by atoms with Crippen molar-refractivity contribution in [2.24, 2.45) is 0 Å². The predicted octanol–water partition coefficient (Wildman–Crippen LogP) is 4.44. The number of carbonyl (C=O) groups excluding carboxylic acids is 1. The highest BCUT2D eigenvalue weighted by Crippen LogP contribution is 2.30. The van der Waals surface area contributed by atoms with Gasteiger partial charge in [0.2, 0.25) is 17.6 Å². The van der Waals surface area contributed by atoms with Gasteiger partial charge >= 0.3 is 0 Å². The lowest BCUT2D eigenvalue weighted by atomic mass is 10.1. The molecule has 0 bridgehead atoms. The molecule has 2 heterocycles. The average molecular weight is 416 g/mol. The molecule has 1 aliphatic heterocycles. The fourth-order valence-electron chi connectivity index (χ4n) is 3.32. The van der Waals surface area contributed by atoms with Crippen LogP contribution in [0.4, 0.5) is 4.39 Å². The Morgan fingerprint density at radius 1 is 1.28 bits per heavy atom. The van der Waals surface area contributed by atoms with Gasteiger partial charge in [-0.1, -0.05) is 28.9 Å². The molecular formula is C21H19ClFN3O3. The van der Waals surface area contributed by atoms with Gasteiger partial charge in [0, 0.05) is 25.1 Å². The molecule has 29 heavy (non-hydrogen) atoms. The molecule has 4 rings (SSSR count). The Hall–Kier alpha value is -2.93. The minimum atomic E-state index is -0.548. The van der Waals surface area contributed by atoms with E-state index in [9.17, 15) is 9.18 Å². The van der Waals surface area contributed by atoms with Gasteiger partial charge in [-0.25, -0.2) is 4.39 Å². The molecule has 150 valence electrons. The summed E-state index contributed by atoms with van der Waals surface area (Å²) >= 11 is 5.71. The van der Waals surface area contributed by atoms with Crippen LogP contribution in [0.2, 0.25) is 5.02 Å². The summed E-state index contributed by atoms with van der Waals surface area (Å²) in [5.41, 5.74) is 1.49. The standard InChI is InChI=1S/C21H19ClFN3O3/c1-2-28-16-6-3-13(4-7-16)11-26-12-15(10-19(26)27)21-24-20(25-29-21)14-5-8-17(22)18(23)9-14/h3-9,15H,2,10-12H2,1H3. The summed E-state index contributed by atoms with van der Waals surface area (Å²) in [4.78, 5) is 18.6. The molecule has 1 fully saturated rings. The van der Waals surface area contributed by atoms with E-state index in [2.05, 4.69) is 10.1 Å². The van der Waals surface area contributed by atoms with E-state index in [1.165, 1.54) is 12.1 Å². The van der Waals surface area contributed by atoms with E-state index in [1.807, 2.05) is 31.2 Å². The molecule has 3 aromatic rings. The first kappa shape index (κ1) is 19.4. The molecule has 8 heteroatoms. The predicted molar refractivity (Wildman–Crippen MR) is 105 cm³/mol. The maximum absolute atomic E-state index is 13.7. The SMILES string of the molecule is CCOc1ccc(CN2CC(c3nc(-c4ccc(Cl)c(F)c4)no3)CC2=O)cc1. The average Bonchev–Trinajstić information content (AvgIpc) is 3.33. The van der Waals surface area contributed by atoms with Gasteiger partial charge in [-0.3, -0.25) is 4.79 Å². The second-order valence-corrected chi connectivity index (χ2v) is 7.24. The van der Waals surface area contributed by atoms with Crippen molar-refractivity contribution in [3.05, 3.63) is 64.8 Å². The molecule has 1 aliphatic rings. The molecular weight excluding hydrogens is 397 g/mol. The van der Waals surface area contributed by atoms with Crippen LogP contribution in [0.25, 0.3) is 11.4 Å². The largest absolute Gasteiger partial charge is 0.494 e. The monoisotopic (exact) mass is 415 g/mol.